The predicted octanol–water partition coefficient (Wildman–Crippen LogP) is 2.46. The summed E-state index contributed by atoms with van der Waals surface area (Å²) in [7, 11) is 0. The molecule has 100 valence electrons. The average Bonchev–Trinajstić information content (AvgIpc) is 3.19. The number of nitrogens with one attached hydrogen (secondary N) is 1. The van der Waals surface area contributed by atoms with Crippen LogP contribution in [0.15, 0.2) is 12.1 Å². The maximum atomic E-state index is 12.1. The van der Waals surface area contributed by atoms with Gasteiger partial charge in [-0.1, -0.05) is 12.8 Å². The zero-order valence-corrected chi connectivity index (χ0v) is 11.1. The quantitative estimate of drug-likeness (QED) is 0.842. The Morgan fingerprint density at radius 3 is 3.11 bits per heavy atom. The van der Waals surface area contributed by atoms with Gasteiger partial charge < -0.3 is 10.2 Å². The molecule has 0 aromatic carbocycles. The molecular formula is C15H19N3O. The highest BCUT2D eigenvalue weighted by atomic mass is 16.1. The van der Waals surface area contributed by atoms with Crippen LogP contribution in [0.1, 0.15) is 42.6 Å². The highest BCUT2D eigenvalue weighted by Gasteiger charge is 2.31. The number of rotatable bonds is 4. The van der Waals surface area contributed by atoms with Gasteiger partial charge in [-0.15, -0.1) is 0 Å². The first-order chi connectivity index (χ1) is 9.29. The highest BCUT2D eigenvalue weighted by molar-refractivity contribution is 5.95. The molecule has 1 aromatic rings. The van der Waals surface area contributed by atoms with Crippen LogP contribution in [0.3, 0.4) is 0 Å². The largest absolute Gasteiger partial charge is 0.366 e. The molecule has 3 heterocycles. The molecule has 19 heavy (non-hydrogen) atoms. The Morgan fingerprint density at radius 2 is 2.26 bits per heavy atom. The number of nitrogens with zero attached hydrogens (tertiary/aromatic N) is 2. The van der Waals surface area contributed by atoms with Crippen LogP contribution in [-0.2, 0) is 0 Å². The van der Waals surface area contributed by atoms with Gasteiger partial charge in [0, 0.05) is 25.6 Å². The molecule has 0 amide bonds. The second-order valence-electron chi connectivity index (χ2n) is 6.05. The summed E-state index contributed by atoms with van der Waals surface area (Å²) in [5, 5.41) is 3.46. The third-order valence-electron chi connectivity index (χ3n) is 4.51. The second kappa shape index (κ2) is 4.22. The van der Waals surface area contributed by atoms with Crippen molar-refractivity contribution in [1.29, 1.82) is 0 Å². The van der Waals surface area contributed by atoms with Crippen molar-refractivity contribution < 1.29 is 4.79 Å². The van der Waals surface area contributed by atoms with Crippen molar-refractivity contribution >= 4 is 17.3 Å². The van der Waals surface area contributed by atoms with Gasteiger partial charge in [0.1, 0.15) is 5.69 Å². The number of pyridine rings is 1. The molecule has 1 aliphatic carbocycles. The summed E-state index contributed by atoms with van der Waals surface area (Å²) >= 11 is 0. The van der Waals surface area contributed by atoms with Crippen LogP contribution >= 0.6 is 0 Å². The number of carbonyl (C=O) groups is 1. The molecular weight excluding hydrogens is 238 g/mol. The Morgan fingerprint density at radius 1 is 1.37 bits per heavy atom. The average molecular weight is 257 g/mol. The molecule has 2 bridgehead atoms. The maximum Gasteiger partial charge on any atom is 0.181 e. The van der Waals surface area contributed by atoms with Crippen molar-refractivity contribution in [3.05, 3.63) is 17.8 Å². The normalized spacial score (nSPS) is 24.0. The van der Waals surface area contributed by atoms with Crippen LogP contribution in [0.4, 0.5) is 11.5 Å². The number of anilines is 2. The Balaban J connectivity index is 1.54. The minimum Gasteiger partial charge on any atom is -0.366 e. The van der Waals surface area contributed by atoms with E-state index in [4.69, 9.17) is 0 Å². The summed E-state index contributed by atoms with van der Waals surface area (Å²) in [4.78, 5) is 19.1. The number of fused-ring (bicyclic) bond motifs is 4. The summed E-state index contributed by atoms with van der Waals surface area (Å²) in [6.45, 7) is 2.17. The van der Waals surface area contributed by atoms with Gasteiger partial charge >= 0.3 is 0 Å². The van der Waals surface area contributed by atoms with E-state index in [9.17, 15) is 4.79 Å². The summed E-state index contributed by atoms with van der Waals surface area (Å²) < 4.78 is 0. The van der Waals surface area contributed by atoms with Crippen LogP contribution in [-0.4, -0.2) is 29.9 Å². The lowest BCUT2D eigenvalue weighted by atomic mass is 10.1. The Bertz CT molecular complexity index is 524. The number of hydrogen-bond acceptors (Lipinski definition) is 4. The van der Waals surface area contributed by atoms with E-state index >= 15 is 0 Å². The summed E-state index contributed by atoms with van der Waals surface area (Å²) in [6, 6.07) is 4.46. The molecule has 0 spiro atoms. The van der Waals surface area contributed by atoms with Crippen LogP contribution in [0.25, 0.3) is 0 Å². The predicted molar refractivity (Wildman–Crippen MR) is 74.8 cm³/mol. The molecule has 0 radical (unpaired) electrons. The van der Waals surface area contributed by atoms with E-state index in [1.54, 1.807) is 0 Å². The Kier molecular flexibility index (Phi) is 2.50. The van der Waals surface area contributed by atoms with Gasteiger partial charge in [-0.05, 0) is 30.9 Å². The molecule has 1 saturated carbocycles. The standard InChI is InChI=1S/C15H19N3O/c19-14(6-3-10-1-2-10)12-4-5-13-15(17-12)16-11-7-8-18(13)9-11/h4-5,10-11H,1-3,6-9H2,(H,16,17)/t11-/m0/s1. The topological polar surface area (TPSA) is 45.2 Å². The molecule has 2 aliphatic heterocycles. The molecule has 1 aromatic heterocycles. The van der Waals surface area contributed by atoms with Crippen molar-refractivity contribution in [3.8, 4) is 0 Å². The van der Waals surface area contributed by atoms with Crippen LogP contribution in [0.5, 0.6) is 0 Å². The van der Waals surface area contributed by atoms with E-state index in [2.05, 4.69) is 21.3 Å². The second-order valence-corrected chi connectivity index (χ2v) is 6.05. The fraction of sp³-hybridized carbons (Fsp3) is 0.600. The molecule has 1 saturated heterocycles. The van der Waals surface area contributed by atoms with Crippen molar-refractivity contribution in [1.82, 2.24) is 4.98 Å². The number of carbonyl (C=O) groups excluding carboxylic acids is 1. The minimum atomic E-state index is 0.199. The molecule has 2 fully saturated rings. The third-order valence-corrected chi connectivity index (χ3v) is 4.51. The molecule has 1 atom stereocenters. The van der Waals surface area contributed by atoms with E-state index in [1.165, 1.54) is 19.3 Å². The monoisotopic (exact) mass is 257 g/mol. The van der Waals surface area contributed by atoms with Crippen LogP contribution in [0.2, 0.25) is 0 Å². The van der Waals surface area contributed by atoms with Gasteiger partial charge in [0.25, 0.3) is 0 Å². The summed E-state index contributed by atoms with van der Waals surface area (Å²) in [5.41, 5.74) is 1.79. The third kappa shape index (κ3) is 2.09. The molecule has 3 aliphatic rings. The molecule has 1 N–H and O–H groups in total. The number of Topliss-reactive ketones (excluding diaryl/α,β-unsaturated/α-hetero) is 1. The maximum absolute atomic E-state index is 12.1. The summed E-state index contributed by atoms with van der Waals surface area (Å²) in [6.07, 6.45) is 5.48. The van der Waals surface area contributed by atoms with Crippen molar-refractivity contribution in [3.63, 3.8) is 0 Å². The first-order valence-electron chi connectivity index (χ1n) is 7.35. The van der Waals surface area contributed by atoms with Crippen molar-refractivity contribution in [2.45, 2.75) is 38.1 Å². The van der Waals surface area contributed by atoms with Gasteiger partial charge in [0.2, 0.25) is 0 Å². The van der Waals surface area contributed by atoms with E-state index in [1.807, 2.05) is 6.07 Å². The van der Waals surface area contributed by atoms with Crippen LogP contribution < -0.4 is 10.2 Å². The van der Waals surface area contributed by atoms with E-state index < -0.39 is 0 Å². The fourth-order valence-corrected chi connectivity index (χ4v) is 3.13. The molecule has 4 heteroatoms. The number of hydrogen-bond donors (Lipinski definition) is 1. The Labute approximate surface area is 113 Å². The zero-order chi connectivity index (χ0) is 12.8. The number of ketones is 1. The lowest BCUT2D eigenvalue weighted by Crippen LogP contribution is -2.32. The van der Waals surface area contributed by atoms with Crippen LogP contribution in [0, 0.1) is 5.92 Å². The van der Waals surface area contributed by atoms with Crippen molar-refractivity contribution in [2.75, 3.05) is 23.3 Å². The molecule has 4 rings (SSSR count). The van der Waals surface area contributed by atoms with Gasteiger partial charge in [0.05, 0.1) is 5.69 Å². The SMILES string of the molecule is O=C(CCC1CC1)c1ccc2c(n1)N[C@H]1CCN2C1. The smallest absolute Gasteiger partial charge is 0.181 e. The Hall–Kier alpha value is -1.58. The van der Waals surface area contributed by atoms with Gasteiger partial charge in [-0.3, -0.25) is 4.79 Å². The molecule has 0 unspecified atom stereocenters. The first-order valence-corrected chi connectivity index (χ1v) is 7.35. The number of aromatic nitrogens is 1. The first kappa shape index (κ1) is 11.3. The lowest BCUT2D eigenvalue weighted by molar-refractivity contribution is 0.0973. The minimum absolute atomic E-state index is 0.199. The van der Waals surface area contributed by atoms with E-state index in [0.29, 0.717) is 18.2 Å². The fourth-order valence-electron chi connectivity index (χ4n) is 3.13. The van der Waals surface area contributed by atoms with E-state index in [0.717, 1.165) is 36.9 Å². The van der Waals surface area contributed by atoms with E-state index in [-0.39, 0.29) is 5.78 Å². The van der Waals surface area contributed by atoms with Gasteiger partial charge in [-0.2, -0.15) is 0 Å². The summed E-state index contributed by atoms with van der Waals surface area (Å²) in [5.74, 6) is 1.91. The van der Waals surface area contributed by atoms with Crippen molar-refractivity contribution in [2.24, 2.45) is 5.92 Å². The highest BCUT2D eigenvalue weighted by Crippen LogP contribution is 2.35. The van der Waals surface area contributed by atoms with Gasteiger partial charge in [0.15, 0.2) is 11.6 Å². The zero-order valence-electron chi connectivity index (χ0n) is 11.1. The lowest BCUT2D eigenvalue weighted by Gasteiger charge is -2.27. The molecule has 4 nitrogen and oxygen atoms in total. The van der Waals surface area contributed by atoms with Gasteiger partial charge in [-0.25, -0.2) is 4.98 Å².